The fourth-order valence-electron chi connectivity index (χ4n) is 2.80. The van der Waals surface area contributed by atoms with Gasteiger partial charge < -0.3 is 25.0 Å². The predicted octanol–water partition coefficient (Wildman–Crippen LogP) is 0.383. The standard InChI is InChI=1S/C17H32N6O2/c1-18-17(19-7-5-8-25-15-6-9-24-13-15)20-11-16(22(2)3)14-10-21-23(4)12-14/h10,12,15-16H,5-9,11,13H2,1-4H3,(H2,18,19,20). The minimum absolute atomic E-state index is 0.234. The normalized spacial score (nSPS) is 19.4. The zero-order valence-corrected chi connectivity index (χ0v) is 15.9. The number of likely N-dealkylation sites (N-methyl/N-ethyl adjacent to an activating group) is 1. The van der Waals surface area contributed by atoms with Gasteiger partial charge in [-0.3, -0.25) is 9.67 Å². The van der Waals surface area contributed by atoms with E-state index < -0.39 is 0 Å². The molecule has 142 valence electrons. The molecule has 2 rings (SSSR count). The SMILES string of the molecule is CN=C(NCCCOC1CCOC1)NCC(c1cnn(C)c1)N(C)C. The number of hydrogen-bond acceptors (Lipinski definition) is 5. The third kappa shape index (κ3) is 6.64. The summed E-state index contributed by atoms with van der Waals surface area (Å²) in [5.41, 5.74) is 1.18. The van der Waals surface area contributed by atoms with Crippen molar-refractivity contribution in [3.05, 3.63) is 18.0 Å². The van der Waals surface area contributed by atoms with E-state index >= 15 is 0 Å². The summed E-state index contributed by atoms with van der Waals surface area (Å²) in [5, 5.41) is 11.0. The van der Waals surface area contributed by atoms with E-state index in [9.17, 15) is 0 Å². The molecule has 0 amide bonds. The van der Waals surface area contributed by atoms with Gasteiger partial charge in [-0.1, -0.05) is 0 Å². The molecule has 2 unspecified atom stereocenters. The Kier molecular flexibility index (Phi) is 8.17. The van der Waals surface area contributed by atoms with Gasteiger partial charge in [0.1, 0.15) is 0 Å². The molecule has 8 nitrogen and oxygen atoms in total. The van der Waals surface area contributed by atoms with E-state index in [-0.39, 0.29) is 12.1 Å². The highest BCUT2D eigenvalue weighted by Crippen LogP contribution is 2.15. The molecule has 1 saturated heterocycles. The monoisotopic (exact) mass is 352 g/mol. The Balaban J connectivity index is 1.67. The fourth-order valence-corrected chi connectivity index (χ4v) is 2.80. The van der Waals surface area contributed by atoms with Crippen molar-refractivity contribution in [2.45, 2.75) is 25.0 Å². The summed E-state index contributed by atoms with van der Waals surface area (Å²) in [6.07, 6.45) is 6.19. The van der Waals surface area contributed by atoms with Crippen LogP contribution >= 0.6 is 0 Å². The first-order chi connectivity index (χ1) is 12.1. The van der Waals surface area contributed by atoms with E-state index in [4.69, 9.17) is 9.47 Å². The minimum atomic E-state index is 0.234. The van der Waals surface area contributed by atoms with Crippen molar-refractivity contribution in [3.63, 3.8) is 0 Å². The topological polar surface area (TPSA) is 75.9 Å². The zero-order chi connectivity index (χ0) is 18.1. The summed E-state index contributed by atoms with van der Waals surface area (Å²) >= 11 is 0. The Labute approximate surface area is 150 Å². The Morgan fingerprint density at radius 1 is 1.52 bits per heavy atom. The van der Waals surface area contributed by atoms with Crippen LogP contribution in [0.25, 0.3) is 0 Å². The van der Waals surface area contributed by atoms with Crippen LogP contribution < -0.4 is 10.6 Å². The molecule has 25 heavy (non-hydrogen) atoms. The van der Waals surface area contributed by atoms with Crippen LogP contribution in [0.3, 0.4) is 0 Å². The van der Waals surface area contributed by atoms with Gasteiger partial charge in [0.2, 0.25) is 0 Å². The molecule has 0 aromatic carbocycles. The van der Waals surface area contributed by atoms with E-state index in [2.05, 4.69) is 39.7 Å². The minimum Gasteiger partial charge on any atom is -0.379 e. The van der Waals surface area contributed by atoms with Gasteiger partial charge in [-0.05, 0) is 26.9 Å². The van der Waals surface area contributed by atoms with Crippen LogP contribution in [0.1, 0.15) is 24.4 Å². The average molecular weight is 352 g/mol. The molecule has 2 atom stereocenters. The summed E-state index contributed by atoms with van der Waals surface area (Å²) in [7, 11) is 7.86. The molecule has 0 aliphatic carbocycles. The van der Waals surface area contributed by atoms with Gasteiger partial charge in [-0.25, -0.2) is 0 Å². The molecule has 1 aliphatic heterocycles. The van der Waals surface area contributed by atoms with Crippen molar-refractivity contribution < 1.29 is 9.47 Å². The lowest BCUT2D eigenvalue weighted by molar-refractivity contribution is 0.0420. The first kappa shape index (κ1) is 19.7. The fraction of sp³-hybridized carbons (Fsp3) is 0.765. The maximum Gasteiger partial charge on any atom is 0.191 e. The first-order valence-electron chi connectivity index (χ1n) is 8.89. The molecular formula is C17H32N6O2. The number of aliphatic imine (C=N–C) groups is 1. The number of guanidine groups is 1. The number of rotatable bonds is 9. The van der Waals surface area contributed by atoms with Crippen LogP contribution in [-0.2, 0) is 16.5 Å². The highest BCUT2D eigenvalue weighted by molar-refractivity contribution is 5.79. The lowest BCUT2D eigenvalue weighted by Gasteiger charge is -2.24. The van der Waals surface area contributed by atoms with Crippen LogP contribution in [0.4, 0.5) is 0 Å². The van der Waals surface area contributed by atoms with Gasteiger partial charge in [0.25, 0.3) is 0 Å². The summed E-state index contributed by atoms with van der Waals surface area (Å²) in [4.78, 5) is 6.46. The van der Waals surface area contributed by atoms with Crippen molar-refractivity contribution in [1.82, 2.24) is 25.3 Å². The second kappa shape index (κ2) is 10.4. The van der Waals surface area contributed by atoms with E-state index in [1.54, 1.807) is 7.05 Å². The van der Waals surface area contributed by atoms with Crippen LogP contribution in [-0.4, -0.2) is 80.8 Å². The van der Waals surface area contributed by atoms with Gasteiger partial charge in [0.15, 0.2) is 5.96 Å². The van der Waals surface area contributed by atoms with Gasteiger partial charge in [-0.15, -0.1) is 0 Å². The third-order valence-corrected chi connectivity index (χ3v) is 4.27. The van der Waals surface area contributed by atoms with E-state index in [1.807, 2.05) is 24.1 Å². The molecule has 1 aromatic rings. The molecule has 0 bridgehead atoms. The largest absolute Gasteiger partial charge is 0.379 e. The molecule has 1 aliphatic rings. The maximum absolute atomic E-state index is 5.77. The van der Waals surface area contributed by atoms with Crippen molar-refractivity contribution in [2.75, 3.05) is 54.1 Å². The smallest absolute Gasteiger partial charge is 0.191 e. The molecule has 2 N–H and O–H groups in total. The Bertz CT molecular complexity index is 525. The van der Waals surface area contributed by atoms with Crippen LogP contribution in [0.5, 0.6) is 0 Å². The highest BCUT2D eigenvalue weighted by atomic mass is 16.5. The van der Waals surface area contributed by atoms with E-state index in [0.717, 1.165) is 51.7 Å². The molecule has 1 fully saturated rings. The van der Waals surface area contributed by atoms with Crippen LogP contribution in [0.15, 0.2) is 17.4 Å². The molecular weight excluding hydrogens is 320 g/mol. The van der Waals surface area contributed by atoms with Crippen molar-refractivity contribution in [3.8, 4) is 0 Å². The summed E-state index contributed by atoms with van der Waals surface area (Å²) in [6, 6.07) is 0.234. The summed E-state index contributed by atoms with van der Waals surface area (Å²) in [5.74, 6) is 0.806. The summed E-state index contributed by atoms with van der Waals surface area (Å²) < 4.78 is 12.9. The molecule has 2 heterocycles. The maximum atomic E-state index is 5.77. The van der Waals surface area contributed by atoms with Gasteiger partial charge in [-0.2, -0.15) is 5.10 Å². The predicted molar refractivity (Wildman–Crippen MR) is 98.8 cm³/mol. The quantitative estimate of drug-likeness (QED) is 0.380. The number of aromatic nitrogens is 2. The molecule has 0 radical (unpaired) electrons. The first-order valence-corrected chi connectivity index (χ1v) is 8.89. The Morgan fingerprint density at radius 3 is 2.96 bits per heavy atom. The third-order valence-electron chi connectivity index (χ3n) is 4.27. The second-order valence-electron chi connectivity index (χ2n) is 6.52. The Morgan fingerprint density at radius 2 is 2.36 bits per heavy atom. The average Bonchev–Trinajstić information content (AvgIpc) is 3.24. The lowest BCUT2D eigenvalue weighted by atomic mass is 10.1. The highest BCUT2D eigenvalue weighted by Gasteiger charge is 2.17. The number of ether oxygens (including phenoxy) is 2. The molecule has 8 heteroatoms. The molecule has 0 spiro atoms. The van der Waals surface area contributed by atoms with Crippen LogP contribution in [0.2, 0.25) is 0 Å². The Hall–Kier alpha value is -1.64. The van der Waals surface area contributed by atoms with Gasteiger partial charge >= 0.3 is 0 Å². The number of nitrogens with one attached hydrogen (secondary N) is 2. The number of nitrogens with zero attached hydrogens (tertiary/aromatic N) is 4. The van der Waals surface area contributed by atoms with Gasteiger partial charge in [0, 0.05) is 52.2 Å². The lowest BCUT2D eigenvalue weighted by Crippen LogP contribution is -2.42. The van der Waals surface area contributed by atoms with Crippen molar-refractivity contribution >= 4 is 5.96 Å². The number of aryl methyl sites for hydroxylation is 1. The number of hydrogen-bond donors (Lipinski definition) is 2. The van der Waals surface area contributed by atoms with Crippen molar-refractivity contribution in [1.29, 1.82) is 0 Å². The summed E-state index contributed by atoms with van der Waals surface area (Å²) in [6.45, 7) is 3.88. The zero-order valence-electron chi connectivity index (χ0n) is 15.9. The van der Waals surface area contributed by atoms with Crippen molar-refractivity contribution in [2.24, 2.45) is 12.0 Å². The molecule has 1 aromatic heterocycles. The van der Waals surface area contributed by atoms with E-state index in [0.29, 0.717) is 0 Å². The van der Waals surface area contributed by atoms with Crippen LogP contribution in [0, 0.1) is 0 Å². The second-order valence-corrected chi connectivity index (χ2v) is 6.52. The molecule has 0 saturated carbocycles. The van der Waals surface area contributed by atoms with E-state index in [1.165, 1.54) is 5.56 Å². The van der Waals surface area contributed by atoms with Gasteiger partial charge in [0.05, 0.1) is 24.9 Å².